The summed E-state index contributed by atoms with van der Waals surface area (Å²) >= 11 is 6.16. The van der Waals surface area contributed by atoms with Gasteiger partial charge in [-0.05, 0) is 88.6 Å². The summed E-state index contributed by atoms with van der Waals surface area (Å²) in [6, 6.07) is 9.10. The fourth-order valence-corrected chi connectivity index (χ4v) is 7.40. The predicted molar refractivity (Wildman–Crippen MR) is 144 cm³/mol. The maximum absolute atomic E-state index is 12.8. The minimum Gasteiger partial charge on any atom is -0.479 e. The lowest BCUT2D eigenvalue weighted by Crippen LogP contribution is -2.58. The first-order chi connectivity index (χ1) is 16.9. The third-order valence-electron chi connectivity index (χ3n) is 8.99. The van der Waals surface area contributed by atoms with E-state index in [4.69, 9.17) is 16.6 Å². The topological polar surface area (TPSA) is 56.1 Å². The number of aliphatic carboxylic acids is 1. The summed E-state index contributed by atoms with van der Waals surface area (Å²) in [7, 11) is 4.34. The van der Waals surface area contributed by atoms with Crippen molar-refractivity contribution in [1.82, 2.24) is 9.80 Å². The molecule has 1 aromatic carbocycles. The molecule has 6 heteroatoms. The van der Waals surface area contributed by atoms with E-state index in [0.717, 1.165) is 43.5 Å². The zero-order valence-corrected chi connectivity index (χ0v) is 22.6. The molecule has 0 aromatic heterocycles. The molecule has 2 saturated carbocycles. The number of carbonyl (C=O) groups is 1. The zero-order chi connectivity index (χ0) is 25.0. The van der Waals surface area contributed by atoms with Crippen LogP contribution in [0.25, 0.3) is 0 Å². The lowest BCUT2D eigenvalue weighted by Gasteiger charge is -2.47. The summed E-state index contributed by atoms with van der Waals surface area (Å²) in [5.41, 5.74) is 0.334. The quantitative estimate of drug-likeness (QED) is 0.404. The molecule has 1 aliphatic heterocycles. The van der Waals surface area contributed by atoms with Crippen molar-refractivity contribution in [3.05, 3.63) is 34.9 Å². The van der Waals surface area contributed by atoms with Gasteiger partial charge in [0.2, 0.25) is 0 Å². The summed E-state index contributed by atoms with van der Waals surface area (Å²) < 4.78 is 0. The van der Waals surface area contributed by atoms with Crippen molar-refractivity contribution in [3.63, 3.8) is 0 Å². The number of halogens is 1. The van der Waals surface area contributed by atoms with Crippen molar-refractivity contribution < 1.29 is 9.90 Å². The smallest absolute Gasteiger partial charge is 0.333 e. The molecule has 1 heterocycles. The van der Waals surface area contributed by atoms with Crippen molar-refractivity contribution in [1.29, 1.82) is 0 Å². The van der Waals surface area contributed by atoms with Crippen molar-refractivity contribution in [3.8, 4) is 0 Å². The lowest BCUT2D eigenvalue weighted by atomic mass is 9.68. The molecule has 1 N–H and O–H groups in total. The summed E-state index contributed by atoms with van der Waals surface area (Å²) in [5.74, 6) is 0.208. The van der Waals surface area contributed by atoms with Crippen LogP contribution in [0.2, 0.25) is 5.02 Å². The maximum Gasteiger partial charge on any atom is 0.333 e. The van der Waals surface area contributed by atoms with Crippen LogP contribution in [-0.2, 0) is 4.79 Å². The Morgan fingerprint density at radius 1 is 1.11 bits per heavy atom. The van der Waals surface area contributed by atoms with E-state index in [2.05, 4.69) is 43.0 Å². The first kappa shape index (κ1) is 26.5. The van der Waals surface area contributed by atoms with Gasteiger partial charge in [-0.2, -0.15) is 0 Å². The number of unbranched alkanes of at least 4 members (excludes halogenated alkanes) is 1. The lowest BCUT2D eigenvalue weighted by molar-refractivity contribution is -0.146. The molecule has 35 heavy (non-hydrogen) atoms. The van der Waals surface area contributed by atoms with Crippen LogP contribution in [-0.4, -0.2) is 58.9 Å². The van der Waals surface area contributed by atoms with Gasteiger partial charge >= 0.3 is 5.97 Å². The van der Waals surface area contributed by atoms with Crippen LogP contribution in [0.1, 0.15) is 95.6 Å². The standard InChI is InChI=1S/C29H44ClN3O2/c1-4-5-19-29(28(34)35)27(33(20-31-29)25-9-7-6-8-10-25)23-13-11-21(12-14-23)26(32(2)3)22-15-17-24(30)18-16-22/h15-18,20-21,23,25-27H,4-14,19H2,1-3H3,(H,34,35). The first-order valence-corrected chi connectivity index (χ1v) is 14.2. The monoisotopic (exact) mass is 501 g/mol. The highest BCUT2D eigenvalue weighted by molar-refractivity contribution is 6.30. The minimum absolute atomic E-state index is 0.0102. The fraction of sp³-hybridized carbons (Fsp3) is 0.724. The summed E-state index contributed by atoms with van der Waals surface area (Å²) in [6.07, 6.45) is 15.0. The molecule has 5 nitrogen and oxygen atoms in total. The molecule has 0 amide bonds. The van der Waals surface area contributed by atoms with Gasteiger partial charge in [0.15, 0.2) is 5.54 Å². The van der Waals surface area contributed by atoms with Gasteiger partial charge in [-0.1, -0.05) is 62.8 Å². The van der Waals surface area contributed by atoms with Crippen molar-refractivity contribution >= 4 is 23.9 Å². The second-order valence-electron chi connectivity index (χ2n) is 11.4. The van der Waals surface area contributed by atoms with E-state index in [1.54, 1.807) is 0 Å². The molecule has 1 aromatic rings. The van der Waals surface area contributed by atoms with Gasteiger partial charge in [-0.3, -0.25) is 4.99 Å². The third kappa shape index (κ3) is 5.56. The molecule has 194 valence electrons. The highest BCUT2D eigenvalue weighted by Gasteiger charge is 2.55. The number of carboxylic acids is 1. The molecule has 0 spiro atoms. The normalized spacial score (nSPS) is 30.7. The number of hydrogen-bond acceptors (Lipinski definition) is 4. The maximum atomic E-state index is 12.8. The molecule has 2 fully saturated rings. The number of nitrogens with zero attached hydrogens (tertiary/aromatic N) is 3. The average Bonchev–Trinajstić information content (AvgIpc) is 3.26. The van der Waals surface area contributed by atoms with E-state index >= 15 is 0 Å². The van der Waals surface area contributed by atoms with Gasteiger partial charge in [-0.25, -0.2) is 4.79 Å². The van der Waals surface area contributed by atoms with E-state index < -0.39 is 11.5 Å². The number of aliphatic imine (C=N–C) groups is 1. The molecule has 0 bridgehead atoms. The van der Waals surface area contributed by atoms with Crippen molar-refractivity contribution in [2.75, 3.05) is 14.1 Å². The first-order valence-electron chi connectivity index (χ1n) is 13.9. The number of benzene rings is 1. The second-order valence-corrected chi connectivity index (χ2v) is 11.8. The van der Waals surface area contributed by atoms with Crippen LogP contribution < -0.4 is 0 Å². The number of hydrogen-bond donors (Lipinski definition) is 1. The van der Waals surface area contributed by atoms with Crippen LogP contribution in [0.4, 0.5) is 0 Å². The zero-order valence-electron chi connectivity index (χ0n) is 21.8. The van der Waals surface area contributed by atoms with Crippen molar-refractivity contribution in [2.45, 2.75) is 108 Å². The van der Waals surface area contributed by atoms with Gasteiger partial charge in [0, 0.05) is 17.1 Å². The van der Waals surface area contributed by atoms with Crippen LogP contribution in [0.15, 0.2) is 29.3 Å². The van der Waals surface area contributed by atoms with Crippen molar-refractivity contribution in [2.24, 2.45) is 16.8 Å². The van der Waals surface area contributed by atoms with Crippen LogP contribution in [0, 0.1) is 11.8 Å². The molecule has 0 radical (unpaired) electrons. The van der Waals surface area contributed by atoms with Gasteiger partial charge in [-0.15, -0.1) is 0 Å². The molecular formula is C29H44ClN3O2. The van der Waals surface area contributed by atoms with Gasteiger partial charge < -0.3 is 14.9 Å². The SMILES string of the molecule is CCCCC1(C(=O)O)N=CN(C2CCCCC2)C1C1CCC(C(c2ccc(Cl)cc2)N(C)C)CC1. The van der Waals surface area contributed by atoms with Crippen LogP contribution >= 0.6 is 11.6 Å². The predicted octanol–water partition coefficient (Wildman–Crippen LogP) is 6.81. The van der Waals surface area contributed by atoms with Crippen LogP contribution in [0.5, 0.6) is 0 Å². The molecule has 0 saturated heterocycles. The highest BCUT2D eigenvalue weighted by atomic mass is 35.5. The Hall–Kier alpha value is -1.59. The summed E-state index contributed by atoms with van der Waals surface area (Å²) in [6.45, 7) is 2.14. The van der Waals surface area contributed by atoms with E-state index in [-0.39, 0.29) is 6.04 Å². The Morgan fingerprint density at radius 3 is 2.34 bits per heavy atom. The Labute approximate surface area is 216 Å². The van der Waals surface area contributed by atoms with E-state index in [0.29, 0.717) is 30.3 Å². The van der Waals surface area contributed by atoms with E-state index in [1.807, 2.05) is 18.5 Å². The average molecular weight is 502 g/mol. The largest absolute Gasteiger partial charge is 0.479 e. The van der Waals surface area contributed by atoms with Gasteiger partial charge in [0.25, 0.3) is 0 Å². The second kappa shape index (κ2) is 11.6. The molecule has 4 rings (SSSR count). The fourth-order valence-electron chi connectivity index (χ4n) is 7.27. The van der Waals surface area contributed by atoms with E-state index in [1.165, 1.54) is 37.7 Å². The van der Waals surface area contributed by atoms with Gasteiger partial charge in [0.05, 0.1) is 12.4 Å². The Balaban J connectivity index is 1.55. The third-order valence-corrected chi connectivity index (χ3v) is 9.24. The van der Waals surface area contributed by atoms with Crippen LogP contribution in [0.3, 0.4) is 0 Å². The molecule has 3 atom stereocenters. The Kier molecular flexibility index (Phi) is 8.80. The van der Waals surface area contributed by atoms with Gasteiger partial charge in [0.1, 0.15) is 0 Å². The molecule has 2 aliphatic carbocycles. The Morgan fingerprint density at radius 2 is 1.77 bits per heavy atom. The molecular weight excluding hydrogens is 458 g/mol. The summed E-state index contributed by atoms with van der Waals surface area (Å²) in [4.78, 5) is 22.4. The minimum atomic E-state index is -0.984. The molecule has 3 aliphatic rings. The number of rotatable bonds is 9. The Bertz CT molecular complexity index is 859. The molecule has 3 unspecified atom stereocenters. The highest BCUT2D eigenvalue weighted by Crippen LogP contribution is 2.47. The summed E-state index contributed by atoms with van der Waals surface area (Å²) in [5, 5.41) is 11.3. The van der Waals surface area contributed by atoms with E-state index in [9.17, 15) is 9.90 Å². The number of carboxylic acid groups (broad SMARTS) is 1.